The van der Waals surface area contributed by atoms with Gasteiger partial charge < -0.3 is 10.1 Å². The molecule has 0 saturated carbocycles. The Morgan fingerprint density at radius 1 is 1.23 bits per heavy atom. The van der Waals surface area contributed by atoms with Crippen LogP contribution in [0.4, 0.5) is 0 Å². The summed E-state index contributed by atoms with van der Waals surface area (Å²) >= 11 is 6.16. The predicted octanol–water partition coefficient (Wildman–Crippen LogP) is 4.33. The van der Waals surface area contributed by atoms with Crippen LogP contribution in [-0.4, -0.2) is 15.9 Å². The SMILES string of the molecule is Cc1cc(-c2nc3c(C)cccn3c2C(C)CN)ccc1Cl. The minimum absolute atomic E-state index is 0.225. The van der Waals surface area contributed by atoms with Crippen molar-refractivity contribution in [1.82, 2.24) is 9.38 Å². The summed E-state index contributed by atoms with van der Waals surface area (Å²) in [7, 11) is 0. The number of hydrogen-bond acceptors (Lipinski definition) is 2. The molecule has 3 aromatic rings. The molecule has 0 aliphatic carbocycles. The van der Waals surface area contributed by atoms with Crippen molar-refractivity contribution in [2.24, 2.45) is 5.73 Å². The number of rotatable bonds is 3. The minimum Gasteiger partial charge on any atom is -0.330 e. The van der Waals surface area contributed by atoms with Crippen LogP contribution in [0.2, 0.25) is 5.02 Å². The number of nitrogens with zero attached hydrogens (tertiary/aromatic N) is 2. The highest BCUT2D eigenvalue weighted by Gasteiger charge is 2.19. The zero-order valence-corrected chi connectivity index (χ0v) is 13.9. The van der Waals surface area contributed by atoms with Crippen molar-refractivity contribution < 1.29 is 0 Å². The second-order valence-electron chi connectivity index (χ2n) is 5.83. The van der Waals surface area contributed by atoms with Gasteiger partial charge in [-0.1, -0.05) is 30.7 Å². The van der Waals surface area contributed by atoms with Crippen LogP contribution >= 0.6 is 11.6 Å². The van der Waals surface area contributed by atoms with Crippen LogP contribution in [0.25, 0.3) is 16.9 Å². The number of nitrogens with two attached hydrogens (primary N) is 1. The maximum Gasteiger partial charge on any atom is 0.140 e. The quantitative estimate of drug-likeness (QED) is 0.782. The van der Waals surface area contributed by atoms with E-state index in [4.69, 9.17) is 22.3 Å². The Morgan fingerprint density at radius 2 is 2.00 bits per heavy atom. The molecular weight excluding hydrogens is 294 g/mol. The molecule has 0 bridgehead atoms. The van der Waals surface area contributed by atoms with Gasteiger partial charge in [0.1, 0.15) is 5.65 Å². The number of halogens is 1. The predicted molar refractivity (Wildman–Crippen MR) is 92.6 cm³/mol. The fraction of sp³-hybridized carbons (Fsp3) is 0.278. The lowest BCUT2D eigenvalue weighted by molar-refractivity contribution is 0.738. The highest BCUT2D eigenvalue weighted by molar-refractivity contribution is 6.31. The van der Waals surface area contributed by atoms with Gasteiger partial charge in [-0.05, 0) is 43.2 Å². The Hall–Kier alpha value is -1.84. The van der Waals surface area contributed by atoms with E-state index in [-0.39, 0.29) is 5.92 Å². The molecular formula is C18H20ClN3. The van der Waals surface area contributed by atoms with E-state index >= 15 is 0 Å². The molecule has 4 heteroatoms. The van der Waals surface area contributed by atoms with Gasteiger partial charge in [0.2, 0.25) is 0 Å². The maximum absolute atomic E-state index is 6.16. The van der Waals surface area contributed by atoms with Gasteiger partial charge in [0.15, 0.2) is 0 Å². The molecule has 22 heavy (non-hydrogen) atoms. The Labute approximate surface area is 135 Å². The first-order chi connectivity index (χ1) is 10.5. The van der Waals surface area contributed by atoms with E-state index in [1.165, 1.54) is 0 Å². The van der Waals surface area contributed by atoms with Gasteiger partial charge >= 0.3 is 0 Å². The first kappa shape index (κ1) is 15.1. The molecule has 0 aliphatic rings. The Bertz CT molecular complexity index is 836. The van der Waals surface area contributed by atoms with Crippen molar-refractivity contribution in [3.8, 4) is 11.3 Å². The summed E-state index contributed by atoms with van der Waals surface area (Å²) in [4.78, 5) is 4.89. The lowest BCUT2D eigenvalue weighted by Gasteiger charge is -2.12. The number of hydrogen-bond donors (Lipinski definition) is 1. The molecule has 0 saturated heterocycles. The van der Waals surface area contributed by atoms with Crippen LogP contribution in [-0.2, 0) is 0 Å². The number of pyridine rings is 1. The summed E-state index contributed by atoms with van der Waals surface area (Å²) in [5.41, 5.74) is 12.4. The third-order valence-corrected chi connectivity index (χ3v) is 4.56. The van der Waals surface area contributed by atoms with Gasteiger partial charge in [0, 0.05) is 29.2 Å². The van der Waals surface area contributed by atoms with Gasteiger partial charge in [0.05, 0.1) is 11.4 Å². The van der Waals surface area contributed by atoms with Crippen molar-refractivity contribution >= 4 is 17.2 Å². The van der Waals surface area contributed by atoms with Gasteiger partial charge in [0.25, 0.3) is 0 Å². The molecule has 1 atom stereocenters. The summed E-state index contributed by atoms with van der Waals surface area (Å²) in [5.74, 6) is 0.225. The number of aromatic nitrogens is 2. The average Bonchev–Trinajstić information content (AvgIpc) is 2.90. The minimum atomic E-state index is 0.225. The molecule has 0 radical (unpaired) electrons. The molecule has 0 aliphatic heterocycles. The van der Waals surface area contributed by atoms with Gasteiger partial charge in [-0.25, -0.2) is 4.98 Å². The van der Waals surface area contributed by atoms with E-state index in [1.54, 1.807) is 0 Å². The van der Waals surface area contributed by atoms with Crippen LogP contribution in [0.3, 0.4) is 0 Å². The zero-order valence-electron chi connectivity index (χ0n) is 13.1. The molecule has 2 aromatic heterocycles. The molecule has 2 heterocycles. The molecule has 0 amide bonds. The maximum atomic E-state index is 6.16. The molecule has 1 unspecified atom stereocenters. The molecule has 1 aromatic carbocycles. The van der Waals surface area contributed by atoms with E-state index < -0.39 is 0 Å². The molecule has 3 nitrogen and oxygen atoms in total. The number of fused-ring (bicyclic) bond motifs is 1. The van der Waals surface area contributed by atoms with E-state index in [0.29, 0.717) is 6.54 Å². The third kappa shape index (κ3) is 2.40. The zero-order chi connectivity index (χ0) is 15.9. The van der Waals surface area contributed by atoms with Gasteiger partial charge in [-0.3, -0.25) is 0 Å². The van der Waals surface area contributed by atoms with E-state index in [1.807, 2.05) is 25.1 Å². The molecule has 2 N–H and O–H groups in total. The highest BCUT2D eigenvalue weighted by atomic mass is 35.5. The summed E-state index contributed by atoms with van der Waals surface area (Å²) in [6.07, 6.45) is 2.06. The van der Waals surface area contributed by atoms with Crippen molar-refractivity contribution in [3.05, 3.63) is 58.4 Å². The first-order valence-corrected chi connectivity index (χ1v) is 7.85. The lowest BCUT2D eigenvalue weighted by atomic mass is 10.0. The molecule has 0 fully saturated rings. The van der Waals surface area contributed by atoms with Gasteiger partial charge in [-0.2, -0.15) is 0 Å². The van der Waals surface area contributed by atoms with E-state index in [9.17, 15) is 0 Å². The topological polar surface area (TPSA) is 43.3 Å². The van der Waals surface area contributed by atoms with Crippen LogP contribution in [0.1, 0.15) is 29.7 Å². The van der Waals surface area contributed by atoms with Crippen molar-refractivity contribution in [3.63, 3.8) is 0 Å². The normalized spacial score (nSPS) is 12.8. The average molecular weight is 314 g/mol. The Kier molecular flexibility index (Phi) is 3.94. The lowest BCUT2D eigenvalue weighted by Crippen LogP contribution is -2.12. The fourth-order valence-corrected chi connectivity index (χ4v) is 2.93. The summed E-state index contributed by atoms with van der Waals surface area (Å²) < 4.78 is 2.16. The van der Waals surface area contributed by atoms with Crippen LogP contribution < -0.4 is 5.73 Å². The third-order valence-electron chi connectivity index (χ3n) is 4.13. The smallest absolute Gasteiger partial charge is 0.140 e. The first-order valence-electron chi connectivity index (χ1n) is 7.47. The van der Waals surface area contributed by atoms with Crippen molar-refractivity contribution in [2.75, 3.05) is 6.54 Å². The second-order valence-corrected chi connectivity index (χ2v) is 6.24. The largest absolute Gasteiger partial charge is 0.330 e. The number of benzene rings is 1. The number of imidazole rings is 1. The molecule has 114 valence electrons. The van der Waals surface area contributed by atoms with Crippen LogP contribution in [0.5, 0.6) is 0 Å². The van der Waals surface area contributed by atoms with Gasteiger partial charge in [-0.15, -0.1) is 0 Å². The summed E-state index contributed by atoms with van der Waals surface area (Å²) in [6, 6.07) is 10.2. The van der Waals surface area contributed by atoms with E-state index in [2.05, 4.69) is 36.6 Å². The van der Waals surface area contributed by atoms with E-state index in [0.717, 1.165) is 38.7 Å². The summed E-state index contributed by atoms with van der Waals surface area (Å²) in [5, 5.41) is 0.775. The van der Waals surface area contributed by atoms with Crippen molar-refractivity contribution in [1.29, 1.82) is 0 Å². The Balaban J connectivity index is 2.32. The number of aryl methyl sites for hydroxylation is 2. The second kappa shape index (κ2) is 5.75. The van der Waals surface area contributed by atoms with Crippen molar-refractivity contribution in [2.45, 2.75) is 26.7 Å². The molecule has 0 spiro atoms. The standard InChI is InChI=1S/C18H20ClN3/c1-11-5-4-8-22-17(13(3)10-20)16(21-18(11)22)14-6-7-15(19)12(2)9-14/h4-9,13H,10,20H2,1-3H3. The molecule has 3 rings (SSSR count). The fourth-order valence-electron chi connectivity index (χ4n) is 2.81. The monoisotopic (exact) mass is 313 g/mol. The van der Waals surface area contributed by atoms with Crippen LogP contribution in [0.15, 0.2) is 36.5 Å². The van der Waals surface area contributed by atoms with Crippen LogP contribution in [0, 0.1) is 13.8 Å². The Morgan fingerprint density at radius 3 is 2.68 bits per heavy atom. The highest BCUT2D eigenvalue weighted by Crippen LogP contribution is 2.32. The summed E-state index contributed by atoms with van der Waals surface area (Å²) in [6.45, 7) is 6.81.